The maximum atomic E-state index is 11.2. The van der Waals surface area contributed by atoms with E-state index in [4.69, 9.17) is 5.73 Å². The van der Waals surface area contributed by atoms with Gasteiger partial charge in [-0.15, -0.1) is 5.10 Å². The molecule has 0 unspecified atom stereocenters. The Labute approximate surface area is 130 Å². The van der Waals surface area contributed by atoms with Crippen LogP contribution in [0, 0.1) is 0 Å². The first-order valence-corrected chi connectivity index (χ1v) is 7.63. The fourth-order valence-electron chi connectivity index (χ4n) is 2.66. The minimum absolute atomic E-state index is 0.0985. The summed E-state index contributed by atoms with van der Waals surface area (Å²) in [7, 11) is 0. The minimum Gasteiger partial charge on any atom is -0.326 e. The largest absolute Gasteiger partial charge is 0.326 e. The van der Waals surface area contributed by atoms with Crippen LogP contribution in [0.4, 0.5) is 5.69 Å². The highest BCUT2D eigenvalue weighted by Gasteiger charge is 2.20. The first kappa shape index (κ1) is 16.2. The molecule has 1 amide bonds. The average molecular weight is 301 g/mol. The Bertz CT molecular complexity index is 646. The first-order valence-electron chi connectivity index (χ1n) is 7.63. The topological polar surface area (TPSA) is 85.8 Å². The van der Waals surface area contributed by atoms with Crippen molar-refractivity contribution < 1.29 is 4.79 Å². The summed E-state index contributed by atoms with van der Waals surface area (Å²) in [6.45, 7) is 6.17. The van der Waals surface area contributed by atoms with Crippen LogP contribution in [0.15, 0.2) is 24.3 Å². The van der Waals surface area contributed by atoms with Crippen molar-refractivity contribution in [3.63, 3.8) is 0 Å². The van der Waals surface area contributed by atoms with Crippen molar-refractivity contribution in [3.8, 4) is 5.69 Å². The molecule has 0 bridgehead atoms. The summed E-state index contributed by atoms with van der Waals surface area (Å²) in [5.41, 5.74) is 9.32. The molecule has 22 heavy (non-hydrogen) atoms. The van der Waals surface area contributed by atoms with Crippen LogP contribution < -0.4 is 11.1 Å². The Kier molecular flexibility index (Phi) is 5.27. The number of carbonyl (C=O) groups excluding carboxylic acids is 1. The molecule has 6 heteroatoms. The van der Waals surface area contributed by atoms with E-state index in [9.17, 15) is 4.79 Å². The van der Waals surface area contributed by atoms with Gasteiger partial charge in [-0.05, 0) is 31.0 Å². The molecule has 0 spiro atoms. The Balaban J connectivity index is 2.48. The van der Waals surface area contributed by atoms with Crippen LogP contribution in [0.25, 0.3) is 5.69 Å². The third-order valence-electron chi connectivity index (χ3n) is 3.76. The Hall–Kier alpha value is -2.21. The molecule has 0 aliphatic heterocycles. The lowest BCUT2D eigenvalue weighted by Gasteiger charge is -2.16. The van der Waals surface area contributed by atoms with Crippen LogP contribution in [-0.4, -0.2) is 20.9 Å². The molecule has 0 aliphatic rings. The van der Waals surface area contributed by atoms with Gasteiger partial charge < -0.3 is 11.1 Å². The number of anilines is 1. The van der Waals surface area contributed by atoms with Crippen LogP contribution in [0.2, 0.25) is 0 Å². The Morgan fingerprint density at radius 2 is 2.09 bits per heavy atom. The number of benzene rings is 1. The van der Waals surface area contributed by atoms with Crippen LogP contribution >= 0.6 is 0 Å². The number of nitrogens with one attached hydrogen (secondary N) is 1. The molecule has 1 heterocycles. The molecule has 2 aromatic rings. The summed E-state index contributed by atoms with van der Waals surface area (Å²) in [6.07, 6.45) is 2.00. The van der Waals surface area contributed by atoms with E-state index < -0.39 is 0 Å². The second-order valence-corrected chi connectivity index (χ2v) is 5.28. The number of hydrogen-bond acceptors (Lipinski definition) is 4. The summed E-state index contributed by atoms with van der Waals surface area (Å²) >= 11 is 0. The van der Waals surface area contributed by atoms with Crippen molar-refractivity contribution in [2.75, 3.05) is 5.32 Å². The van der Waals surface area contributed by atoms with E-state index in [1.807, 2.05) is 28.9 Å². The lowest BCUT2D eigenvalue weighted by Crippen LogP contribution is -2.11. The minimum atomic E-state index is -0.0985. The maximum absolute atomic E-state index is 11.2. The van der Waals surface area contributed by atoms with E-state index in [2.05, 4.69) is 29.5 Å². The molecule has 0 saturated carbocycles. The van der Waals surface area contributed by atoms with Crippen molar-refractivity contribution in [1.82, 2.24) is 15.0 Å². The predicted molar refractivity (Wildman–Crippen MR) is 86.9 cm³/mol. The number of hydrogen-bond donors (Lipinski definition) is 2. The molecular formula is C16H23N5O. The van der Waals surface area contributed by atoms with Gasteiger partial charge in [0.1, 0.15) is 5.69 Å². The van der Waals surface area contributed by atoms with Crippen molar-refractivity contribution in [2.45, 2.75) is 46.1 Å². The SMILES string of the molecule is CCC(CC)c1c(CN)nnn1-c1cccc(NC(C)=O)c1. The highest BCUT2D eigenvalue weighted by molar-refractivity contribution is 5.88. The van der Waals surface area contributed by atoms with Crippen molar-refractivity contribution in [1.29, 1.82) is 0 Å². The fourth-order valence-corrected chi connectivity index (χ4v) is 2.66. The zero-order valence-electron chi connectivity index (χ0n) is 13.3. The van der Waals surface area contributed by atoms with Gasteiger partial charge in [0.2, 0.25) is 5.91 Å². The number of nitrogens with zero attached hydrogens (tertiary/aromatic N) is 3. The van der Waals surface area contributed by atoms with Gasteiger partial charge in [-0.25, -0.2) is 4.68 Å². The molecule has 2 rings (SSSR count). The van der Waals surface area contributed by atoms with Crippen LogP contribution in [0.1, 0.15) is 50.9 Å². The maximum Gasteiger partial charge on any atom is 0.221 e. The van der Waals surface area contributed by atoms with Crippen molar-refractivity contribution in [2.24, 2.45) is 5.73 Å². The number of rotatable bonds is 6. The number of carbonyl (C=O) groups is 1. The average Bonchev–Trinajstić information content (AvgIpc) is 2.92. The molecule has 0 saturated heterocycles. The molecule has 0 aliphatic carbocycles. The van der Waals surface area contributed by atoms with Gasteiger partial charge in [0.15, 0.2) is 0 Å². The van der Waals surface area contributed by atoms with Gasteiger partial charge >= 0.3 is 0 Å². The zero-order valence-corrected chi connectivity index (χ0v) is 13.3. The molecule has 118 valence electrons. The first-order chi connectivity index (χ1) is 10.6. The molecular weight excluding hydrogens is 278 g/mol. The third-order valence-corrected chi connectivity index (χ3v) is 3.76. The quantitative estimate of drug-likeness (QED) is 0.858. The highest BCUT2D eigenvalue weighted by Crippen LogP contribution is 2.28. The van der Waals surface area contributed by atoms with E-state index in [1.165, 1.54) is 6.92 Å². The molecule has 0 radical (unpaired) electrons. The van der Waals surface area contributed by atoms with Gasteiger partial charge in [0, 0.05) is 25.1 Å². The summed E-state index contributed by atoms with van der Waals surface area (Å²) in [6, 6.07) is 7.58. The number of aromatic nitrogens is 3. The van der Waals surface area contributed by atoms with Gasteiger partial charge in [-0.1, -0.05) is 25.1 Å². The predicted octanol–water partition coefficient (Wildman–Crippen LogP) is 2.59. The molecule has 1 aromatic heterocycles. The Morgan fingerprint density at radius 3 is 2.68 bits per heavy atom. The Morgan fingerprint density at radius 1 is 1.36 bits per heavy atom. The van der Waals surface area contributed by atoms with Crippen molar-refractivity contribution in [3.05, 3.63) is 35.7 Å². The van der Waals surface area contributed by atoms with Crippen molar-refractivity contribution >= 4 is 11.6 Å². The second-order valence-electron chi connectivity index (χ2n) is 5.28. The summed E-state index contributed by atoms with van der Waals surface area (Å²) in [4.78, 5) is 11.2. The lowest BCUT2D eigenvalue weighted by molar-refractivity contribution is -0.114. The van der Waals surface area contributed by atoms with Gasteiger partial charge in [-0.2, -0.15) is 0 Å². The summed E-state index contributed by atoms with van der Waals surface area (Å²) in [5, 5.41) is 11.3. The number of amides is 1. The molecule has 3 N–H and O–H groups in total. The van der Waals surface area contributed by atoms with E-state index in [1.54, 1.807) is 0 Å². The molecule has 0 atom stereocenters. The number of nitrogens with two attached hydrogens (primary N) is 1. The lowest BCUT2D eigenvalue weighted by atomic mass is 9.97. The normalized spacial score (nSPS) is 11.0. The van der Waals surface area contributed by atoms with Gasteiger partial charge in [0.05, 0.1) is 11.4 Å². The monoisotopic (exact) mass is 301 g/mol. The summed E-state index contributed by atoms with van der Waals surface area (Å²) < 4.78 is 1.84. The third kappa shape index (κ3) is 3.33. The van der Waals surface area contributed by atoms with Gasteiger partial charge in [0.25, 0.3) is 0 Å². The molecule has 1 aromatic carbocycles. The van der Waals surface area contributed by atoms with E-state index in [-0.39, 0.29) is 5.91 Å². The molecule has 0 fully saturated rings. The van der Waals surface area contributed by atoms with Crippen LogP contribution in [0.3, 0.4) is 0 Å². The summed E-state index contributed by atoms with van der Waals surface area (Å²) in [5.74, 6) is 0.261. The highest BCUT2D eigenvalue weighted by atomic mass is 16.1. The van der Waals surface area contributed by atoms with Crippen LogP contribution in [-0.2, 0) is 11.3 Å². The fraction of sp³-hybridized carbons (Fsp3) is 0.438. The second kappa shape index (κ2) is 7.17. The van der Waals surface area contributed by atoms with Crippen LogP contribution in [0.5, 0.6) is 0 Å². The smallest absolute Gasteiger partial charge is 0.221 e. The van der Waals surface area contributed by atoms with Gasteiger partial charge in [-0.3, -0.25) is 4.79 Å². The van der Waals surface area contributed by atoms with E-state index >= 15 is 0 Å². The van der Waals surface area contributed by atoms with E-state index in [0.29, 0.717) is 12.5 Å². The zero-order chi connectivity index (χ0) is 16.1. The standard InChI is InChI=1S/C16H23N5O/c1-4-12(5-2)16-15(10-17)19-20-21(16)14-8-6-7-13(9-14)18-11(3)22/h6-9,12H,4-5,10,17H2,1-3H3,(H,18,22). The van der Waals surface area contributed by atoms with E-state index in [0.717, 1.165) is 35.6 Å². The molecule has 6 nitrogen and oxygen atoms in total.